The molecule has 0 spiro atoms. The normalized spacial score (nSPS) is 15.4. The van der Waals surface area contributed by atoms with E-state index >= 15 is 0 Å². The van der Waals surface area contributed by atoms with Crippen molar-refractivity contribution in [3.05, 3.63) is 47.8 Å². The molecule has 0 unspecified atom stereocenters. The molecule has 1 aromatic carbocycles. The molecule has 3 aromatic rings. The third-order valence-electron chi connectivity index (χ3n) is 3.52. The van der Waals surface area contributed by atoms with Crippen LogP contribution in [0.4, 0.5) is 0 Å². The minimum atomic E-state index is -3.61. The number of nitrogens with zero attached hydrogens (tertiary/aromatic N) is 4. The van der Waals surface area contributed by atoms with Gasteiger partial charge in [0.25, 0.3) is 0 Å². The predicted molar refractivity (Wildman–Crippen MR) is 78.1 cm³/mol. The number of benzene rings is 1. The van der Waals surface area contributed by atoms with Gasteiger partial charge in [-0.3, -0.25) is 4.98 Å². The summed E-state index contributed by atoms with van der Waals surface area (Å²) in [7, 11) is -3.61. The van der Waals surface area contributed by atoms with E-state index in [2.05, 4.69) is 13.7 Å². The van der Waals surface area contributed by atoms with E-state index in [4.69, 9.17) is 0 Å². The van der Waals surface area contributed by atoms with Gasteiger partial charge in [0.2, 0.25) is 10.0 Å². The molecule has 0 amide bonds. The zero-order chi connectivity index (χ0) is 14.4. The Morgan fingerprint density at radius 2 is 2.00 bits per heavy atom. The van der Waals surface area contributed by atoms with E-state index < -0.39 is 10.0 Å². The first-order chi connectivity index (χ1) is 10.2. The molecule has 106 valence electrons. The second-order valence-electron chi connectivity index (χ2n) is 4.77. The minimum absolute atomic E-state index is 0.210. The number of hydrogen-bond donors (Lipinski definition) is 0. The maximum atomic E-state index is 12.8. The maximum absolute atomic E-state index is 12.8. The average molecular weight is 318 g/mol. The van der Waals surface area contributed by atoms with Crippen LogP contribution in [0.5, 0.6) is 0 Å². The SMILES string of the molecule is O=S(=O)(c1cccc2nsnc12)N1Cc2cccnc2C1. The lowest BCUT2D eigenvalue weighted by molar-refractivity contribution is 0.430. The Morgan fingerprint density at radius 1 is 1.10 bits per heavy atom. The topological polar surface area (TPSA) is 76.1 Å². The summed E-state index contributed by atoms with van der Waals surface area (Å²) in [6.45, 7) is 0.645. The van der Waals surface area contributed by atoms with Gasteiger partial charge < -0.3 is 0 Å². The molecule has 8 heteroatoms. The van der Waals surface area contributed by atoms with Crippen molar-refractivity contribution < 1.29 is 8.42 Å². The van der Waals surface area contributed by atoms with Gasteiger partial charge in [-0.1, -0.05) is 12.1 Å². The van der Waals surface area contributed by atoms with Crippen molar-refractivity contribution in [2.75, 3.05) is 0 Å². The van der Waals surface area contributed by atoms with E-state index in [0.29, 0.717) is 24.1 Å². The van der Waals surface area contributed by atoms with Gasteiger partial charge in [0.1, 0.15) is 15.9 Å². The first-order valence-corrected chi connectivity index (χ1v) is 8.47. The molecule has 4 rings (SSSR count). The van der Waals surface area contributed by atoms with Crippen molar-refractivity contribution in [1.82, 2.24) is 18.0 Å². The summed E-state index contributed by atoms with van der Waals surface area (Å²) in [6, 6.07) is 8.76. The fourth-order valence-electron chi connectivity index (χ4n) is 2.47. The third-order valence-corrected chi connectivity index (χ3v) is 5.89. The summed E-state index contributed by atoms with van der Waals surface area (Å²) >= 11 is 1.02. The van der Waals surface area contributed by atoms with E-state index in [1.54, 1.807) is 24.4 Å². The number of rotatable bonds is 2. The summed E-state index contributed by atoms with van der Waals surface area (Å²) in [5.41, 5.74) is 2.80. The Kier molecular flexibility index (Phi) is 2.78. The summed E-state index contributed by atoms with van der Waals surface area (Å²) in [5.74, 6) is 0. The lowest BCUT2D eigenvalue weighted by Gasteiger charge is -2.15. The highest BCUT2D eigenvalue weighted by atomic mass is 32.2. The standard InChI is InChI=1S/C13H10N4O2S2/c18-21(19,12-5-1-4-10-13(12)16-20-15-10)17-7-9-3-2-6-14-11(9)8-17/h1-6H,7-8H2. The summed E-state index contributed by atoms with van der Waals surface area (Å²) in [4.78, 5) is 4.45. The molecule has 0 bridgehead atoms. The van der Waals surface area contributed by atoms with Crippen LogP contribution in [0.15, 0.2) is 41.4 Å². The largest absolute Gasteiger partial charge is 0.260 e. The van der Waals surface area contributed by atoms with Crippen LogP contribution in [-0.2, 0) is 23.1 Å². The van der Waals surface area contributed by atoms with Gasteiger partial charge in [0.05, 0.1) is 24.0 Å². The van der Waals surface area contributed by atoms with Gasteiger partial charge in [-0.15, -0.1) is 0 Å². The molecular weight excluding hydrogens is 308 g/mol. The van der Waals surface area contributed by atoms with Crippen LogP contribution in [0.25, 0.3) is 11.0 Å². The summed E-state index contributed by atoms with van der Waals surface area (Å²) < 4.78 is 35.3. The van der Waals surface area contributed by atoms with Crippen LogP contribution in [0.3, 0.4) is 0 Å². The van der Waals surface area contributed by atoms with Crippen LogP contribution >= 0.6 is 11.7 Å². The first kappa shape index (κ1) is 12.8. The molecule has 1 aliphatic rings. The first-order valence-electron chi connectivity index (χ1n) is 6.30. The molecule has 2 aromatic heterocycles. The van der Waals surface area contributed by atoms with Gasteiger partial charge in [-0.25, -0.2) is 8.42 Å². The second kappa shape index (κ2) is 4.55. The van der Waals surface area contributed by atoms with Crippen LogP contribution < -0.4 is 0 Å². The summed E-state index contributed by atoms with van der Waals surface area (Å²) in [6.07, 6.45) is 1.68. The van der Waals surface area contributed by atoms with Gasteiger partial charge in [-0.05, 0) is 23.8 Å². The van der Waals surface area contributed by atoms with E-state index in [0.717, 1.165) is 23.0 Å². The molecule has 0 atom stereocenters. The quantitative estimate of drug-likeness (QED) is 0.720. The Morgan fingerprint density at radius 3 is 2.86 bits per heavy atom. The lowest BCUT2D eigenvalue weighted by Crippen LogP contribution is -2.26. The smallest absolute Gasteiger partial charge is 0.246 e. The Bertz CT molecular complexity index is 911. The van der Waals surface area contributed by atoms with Gasteiger partial charge in [0.15, 0.2) is 0 Å². The van der Waals surface area contributed by atoms with Crippen LogP contribution in [0.1, 0.15) is 11.3 Å². The maximum Gasteiger partial charge on any atom is 0.246 e. The van der Waals surface area contributed by atoms with Crippen LogP contribution in [-0.4, -0.2) is 26.5 Å². The van der Waals surface area contributed by atoms with Gasteiger partial charge in [0, 0.05) is 12.7 Å². The lowest BCUT2D eigenvalue weighted by atomic mass is 10.2. The Labute approximate surface area is 125 Å². The molecule has 0 aliphatic carbocycles. The van der Waals surface area contributed by atoms with Gasteiger partial charge >= 0.3 is 0 Å². The molecular formula is C13H10N4O2S2. The van der Waals surface area contributed by atoms with Crippen molar-refractivity contribution in [2.45, 2.75) is 18.0 Å². The highest BCUT2D eigenvalue weighted by Crippen LogP contribution is 2.30. The zero-order valence-corrected chi connectivity index (χ0v) is 12.4. The Hall–Kier alpha value is -1.90. The molecule has 6 nitrogen and oxygen atoms in total. The van der Waals surface area contributed by atoms with E-state index in [-0.39, 0.29) is 4.90 Å². The highest BCUT2D eigenvalue weighted by molar-refractivity contribution is 7.89. The molecule has 0 fully saturated rings. The van der Waals surface area contributed by atoms with Crippen molar-refractivity contribution in [2.24, 2.45) is 0 Å². The highest BCUT2D eigenvalue weighted by Gasteiger charge is 2.32. The summed E-state index contributed by atoms with van der Waals surface area (Å²) in [5, 5.41) is 0. The number of hydrogen-bond acceptors (Lipinski definition) is 6. The van der Waals surface area contributed by atoms with Crippen LogP contribution in [0.2, 0.25) is 0 Å². The molecule has 0 saturated carbocycles. The molecule has 0 N–H and O–H groups in total. The van der Waals surface area contributed by atoms with Gasteiger partial charge in [-0.2, -0.15) is 13.1 Å². The molecule has 3 heterocycles. The number of sulfonamides is 1. The minimum Gasteiger partial charge on any atom is -0.260 e. The number of aromatic nitrogens is 3. The average Bonchev–Trinajstić information content (AvgIpc) is 3.13. The monoisotopic (exact) mass is 318 g/mol. The zero-order valence-electron chi connectivity index (χ0n) is 10.8. The Balaban J connectivity index is 1.80. The van der Waals surface area contributed by atoms with E-state index in [9.17, 15) is 8.42 Å². The van der Waals surface area contributed by atoms with E-state index in [1.165, 1.54) is 4.31 Å². The van der Waals surface area contributed by atoms with Crippen molar-refractivity contribution in [3.8, 4) is 0 Å². The number of pyridine rings is 1. The van der Waals surface area contributed by atoms with Crippen molar-refractivity contribution >= 4 is 32.8 Å². The third kappa shape index (κ3) is 1.95. The second-order valence-corrected chi connectivity index (χ2v) is 7.21. The molecule has 0 saturated heterocycles. The van der Waals surface area contributed by atoms with Crippen LogP contribution in [0, 0.1) is 0 Å². The fraction of sp³-hybridized carbons (Fsp3) is 0.154. The molecule has 1 aliphatic heterocycles. The molecule has 0 radical (unpaired) electrons. The predicted octanol–water partition coefficient (Wildman–Crippen LogP) is 1.79. The van der Waals surface area contributed by atoms with E-state index in [1.807, 2.05) is 12.1 Å². The van der Waals surface area contributed by atoms with Crippen molar-refractivity contribution in [1.29, 1.82) is 0 Å². The molecule has 21 heavy (non-hydrogen) atoms. The fourth-order valence-corrected chi connectivity index (χ4v) is 4.60. The number of fused-ring (bicyclic) bond motifs is 2. The van der Waals surface area contributed by atoms with Crippen molar-refractivity contribution in [3.63, 3.8) is 0 Å².